The molecule has 0 aliphatic carbocycles. The number of ketones is 2. The van der Waals surface area contributed by atoms with Crippen molar-refractivity contribution in [1.82, 2.24) is 25.2 Å². The summed E-state index contributed by atoms with van der Waals surface area (Å²) >= 11 is 0. The Morgan fingerprint density at radius 2 is 0.701 bits per heavy atom. The summed E-state index contributed by atoms with van der Waals surface area (Å²) in [6, 6.07) is 0. The van der Waals surface area contributed by atoms with E-state index in [9.17, 15) is 76.7 Å². The highest BCUT2D eigenvalue weighted by molar-refractivity contribution is 6.05. The molecule has 5 aliphatic heterocycles. The van der Waals surface area contributed by atoms with E-state index in [4.69, 9.17) is 4.84 Å². The highest BCUT2D eigenvalue weighted by Gasteiger charge is 2.37. The zero-order chi connectivity index (χ0) is 51.1. The number of imide groups is 5. The molecule has 10 amide bonds. The summed E-state index contributed by atoms with van der Waals surface area (Å²) in [7, 11) is 0. The molecule has 0 aromatic carbocycles. The summed E-state index contributed by atoms with van der Waals surface area (Å²) in [6.45, 7) is 11.2. The Balaban J connectivity index is 0.000000423. The van der Waals surface area contributed by atoms with E-state index in [0.717, 1.165) is 25.7 Å². The molecule has 2 atom stereocenters. The van der Waals surface area contributed by atoms with Gasteiger partial charge in [-0.2, -0.15) is 0 Å². The molecule has 0 N–H and O–H groups in total. The van der Waals surface area contributed by atoms with E-state index in [1.54, 1.807) is 13.8 Å². The van der Waals surface area contributed by atoms with Crippen LogP contribution in [0.1, 0.15) is 151 Å². The first-order valence-corrected chi connectivity index (χ1v) is 21.5. The van der Waals surface area contributed by atoms with E-state index in [2.05, 4.69) is 21.4 Å². The summed E-state index contributed by atoms with van der Waals surface area (Å²) in [6.07, 6.45) is 5.83. The number of nitrogens with zero attached hydrogens (tertiary/aromatic N) is 5. The second-order valence-corrected chi connectivity index (χ2v) is 14.9. The van der Waals surface area contributed by atoms with Crippen LogP contribution in [0.2, 0.25) is 0 Å². The molecule has 5 rings (SSSR count). The van der Waals surface area contributed by atoms with Gasteiger partial charge in [0.1, 0.15) is 23.4 Å². The minimum Gasteiger partial charge on any atom is -0.330 e. The SMILES string of the molecule is CC(=O)C(C)C(=O)ON1C(=O)CCC1=O.CC(=O)C(C)C(=O)ON1C(=O)CCC1=O.CCC(=O)ON1C(=O)CCC1=O.CCCCCCC(=O)ON1C(=O)CCC1=O.CCN1C(=O)CCC1=O. The Morgan fingerprint density at radius 1 is 0.418 bits per heavy atom. The number of likely N-dealkylation sites (tertiary alicyclic amines) is 1. The first-order chi connectivity index (χ1) is 31.4. The quantitative estimate of drug-likeness (QED) is 0.127. The molecule has 0 radical (unpaired) electrons. The normalized spacial score (nSPS) is 17.4. The molecular formula is C42H57N5O20. The van der Waals surface area contributed by atoms with Gasteiger partial charge in [-0.3, -0.25) is 62.4 Å². The molecule has 0 saturated carbocycles. The fourth-order valence-electron chi connectivity index (χ4n) is 5.29. The molecule has 0 spiro atoms. The van der Waals surface area contributed by atoms with Crippen molar-refractivity contribution < 1.29 is 96.1 Å². The van der Waals surface area contributed by atoms with Gasteiger partial charge in [0.05, 0.1) is 0 Å². The monoisotopic (exact) mass is 951 g/mol. The Hall–Kier alpha value is -7.08. The zero-order valence-electron chi connectivity index (χ0n) is 38.6. The standard InChI is InChI=1S/C11H17NO4.2C9H11NO5.C7H9NO4.C6H9NO2/c1-2-3-4-5-6-11(15)16-12-9(13)7-8-10(12)14;2*1-5(6(2)11)9(14)15-10-7(12)3-4-8(10)13;1-2-7(11)12-8-5(9)3-4-6(8)10;1-2-7-5(8)3-4-6(7)9/h2-8H2,1H3;2*5H,3-4H2,1-2H3;2-4H2,1H3;2-4H2,1H3. The van der Waals surface area contributed by atoms with Gasteiger partial charge in [-0.25, -0.2) is 19.2 Å². The third-order valence-electron chi connectivity index (χ3n) is 9.69. The van der Waals surface area contributed by atoms with Crippen LogP contribution in [0.4, 0.5) is 0 Å². The number of hydrogen-bond acceptors (Lipinski definition) is 20. The smallest absolute Gasteiger partial charge is 0.330 e. The van der Waals surface area contributed by atoms with Crippen LogP contribution in [0, 0.1) is 11.8 Å². The predicted octanol–water partition coefficient (Wildman–Crippen LogP) is 1.36. The Kier molecular flexibility index (Phi) is 24.9. The fourth-order valence-corrected chi connectivity index (χ4v) is 5.29. The van der Waals surface area contributed by atoms with Gasteiger partial charge in [0, 0.05) is 83.6 Å². The number of carbonyl (C=O) groups is 16. The number of carbonyl (C=O) groups excluding carboxylic acids is 16. The van der Waals surface area contributed by atoms with Crippen LogP contribution in [-0.2, 0) is 96.1 Å². The van der Waals surface area contributed by atoms with Crippen LogP contribution in [-0.4, -0.2) is 126 Å². The largest absolute Gasteiger partial charge is 0.343 e. The van der Waals surface area contributed by atoms with Crippen molar-refractivity contribution >= 4 is 94.5 Å². The summed E-state index contributed by atoms with van der Waals surface area (Å²) in [5.41, 5.74) is 0. The lowest BCUT2D eigenvalue weighted by Crippen LogP contribution is -2.35. The second kappa shape index (κ2) is 28.7. The van der Waals surface area contributed by atoms with Crippen molar-refractivity contribution in [2.75, 3.05) is 6.54 Å². The molecule has 0 aromatic rings. The molecule has 67 heavy (non-hydrogen) atoms. The number of amides is 10. The van der Waals surface area contributed by atoms with Crippen LogP contribution >= 0.6 is 0 Å². The molecule has 25 heteroatoms. The minimum atomic E-state index is -0.966. The Morgan fingerprint density at radius 3 is 0.955 bits per heavy atom. The number of hydrogen-bond donors (Lipinski definition) is 0. The highest BCUT2D eigenvalue weighted by Crippen LogP contribution is 2.17. The van der Waals surface area contributed by atoms with Gasteiger partial charge in [-0.15, -0.1) is 20.3 Å². The molecule has 5 aliphatic rings. The Bertz CT molecular complexity index is 1830. The average molecular weight is 952 g/mol. The van der Waals surface area contributed by atoms with Crippen LogP contribution in [0.15, 0.2) is 0 Å². The maximum atomic E-state index is 11.3. The van der Waals surface area contributed by atoms with Crippen molar-refractivity contribution in [2.24, 2.45) is 11.8 Å². The molecule has 0 bridgehead atoms. The zero-order valence-corrected chi connectivity index (χ0v) is 38.6. The third kappa shape index (κ3) is 19.1. The molecule has 5 heterocycles. The van der Waals surface area contributed by atoms with Crippen LogP contribution in [0.3, 0.4) is 0 Å². The van der Waals surface area contributed by atoms with Gasteiger partial charge in [0.2, 0.25) is 11.8 Å². The molecule has 370 valence electrons. The molecule has 25 nitrogen and oxygen atoms in total. The van der Waals surface area contributed by atoms with Gasteiger partial charge in [-0.1, -0.05) is 33.1 Å². The fraction of sp³-hybridized carbons (Fsp3) is 0.619. The average Bonchev–Trinajstić information content (AvgIpc) is 4.07. The molecule has 5 fully saturated rings. The number of unbranched alkanes of at least 4 members (excludes halogenated alkanes) is 3. The first kappa shape index (κ1) is 57.9. The number of hydroxylamine groups is 8. The van der Waals surface area contributed by atoms with Crippen molar-refractivity contribution in [3.05, 3.63) is 0 Å². The van der Waals surface area contributed by atoms with E-state index in [0.29, 0.717) is 39.6 Å². The summed E-state index contributed by atoms with van der Waals surface area (Å²) in [5, 5.41) is 2.01. The molecule has 2 unspecified atom stereocenters. The van der Waals surface area contributed by atoms with Crippen molar-refractivity contribution in [1.29, 1.82) is 0 Å². The van der Waals surface area contributed by atoms with Gasteiger partial charge >= 0.3 is 23.9 Å². The Labute approximate surface area is 384 Å². The van der Waals surface area contributed by atoms with Gasteiger partial charge in [-0.05, 0) is 41.0 Å². The van der Waals surface area contributed by atoms with E-state index in [1.807, 2.05) is 0 Å². The lowest BCUT2D eigenvalue weighted by atomic mass is 10.1. The lowest BCUT2D eigenvalue weighted by molar-refractivity contribution is -0.200. The second-order valence-electron chi connectivity index (χ2n) is 14.9. The van der Waals surface area contributed by atoms with E-state index >= 15 is 0 Å². The summed E-state index contributed by atoms with van der Waals surface area (Å²) in [4.78, 5) is 195. The van der Waals surface area contributed by atoms with Crippen molar-refractivity contribution in [3.63, 3.8) is 0 Å². The summed E-state index contributed by atoms with van der Waals surface area (Å²) < 4.78 is 0. The highest BCUT2D eigenvalue weighted by atomic mass is 16.7. The van der Waals surface area contributed by atoms with Gasteiger partial charge < -0.3 is 19.4 Å². The van der Waals surface area contributed by atoms with E-state index < -0.39 is 83.0 Å². The maximum absolute atomic E-state index is 11.3. The van der Waals surface area contributed by atoms with Crippen LogP contribution in [0.25, 0.3) is 0 Å². The molecular weight excluding hydrogens is 894 g/mol. The topological polar surface area (TPSA) is 326 Å². The molecule has 0 aromatic heterocycles. The van der Waals surface area contributed by atoms with Crippen molar-refractivity contribution in [3.8, 4) is 0 Å². The lowest BCUT2D eigenvalue weighted by Gasteiger charge is -2.14. The molecule has 5 saturated heterocycles. The summed E-state index contributed by atoms with van der Waals surface area (Å²) in [5.74, 6) is -9.51. The van der Waals surface area contributed by atoms with E-state index in [1.165, 1.54) is 32.6 Å². The first-order valence-electron chi connectivity index (χ1n) is 21.5. The third-order valence-corrected chi connectivity index (χ3v) is 9.69. The minimum absolute atomic E-state index is 0.0255. The van der Waals surface area contributed by atoms with E-state index in [-0.39, 0.29) is 87.6 Å². The van der Waals surface area contributed by atoms with Gasteiger partial charge in [0.25, 0.3) is 47.3 Å². The van der Waals surface area contributed by atoms with Crippen LogP contribution < -0.4 is 0 Å². The number of Topliss-reactive ketones (excluding diaryl/α,β-unsaturated/α-hetero) is 2. The van der Waals surface area contributed by atoms with Crippen molar-refractivity contribution in [2.45, 2.75) is 151 Å². The number of rotatable bonds is 15. The predicted molar refractivity (Wildman–Crippen MR) is 219 cm³/mol. The van der Waals surface area contributed by atoms with Gasteiger partial charge in [0.15, 0.2) is 0 Å². The maximum Gasteiger partial charge on any atom is 0.343 e. The van der Waals surface area contributed by atoms with Crippen LogP contribution in [0.5, 0.6) is 0 Å².